The Morgan fingerprint density at radius 3 is 2.53 bits per heavy atom. The van der Waals surface area contributed by atoms with Crippen LogP contribution < -0.4 is 16.0 Å². The third kappa shape index (κ3) is 5.45. The second-order valence-corrected chi connectivity index (χ2v) is 9.37. The monoisotopic (exact) mass is 480 g/mol. The summed E-state index contributed by atoms with van der Waals surface area (Å²) in [6.07, 6.45) is 8.60. The molecule has 1 fully saturated rings. The van der Waals surface area contributed by atoms with Crippen molar-refractivity contribution in [2.75, 3.05) is 0 Å². The highest BCUT2D eigenvalue weighted by Gasteiger charge is 2.30. The highest BCUT2D eigenvalue weighted by molar-refractivity contribution is 5.91. The van der Waals surface area contributed by atoms with Gasteiger partial charge in [-0.25, -0.2) is 0 Å². The minimum atomic E-state index is -0.613. The third-order valence-corrected chi connectivity index (χ3v) is 7.08. The number of hydrogen-bond acceptors (Lipinski definition) is 3. The minimum absolute atomic E-state index is 0. The van der Waals surface area contributed by atoms with Crippen LogP contribution >= 0.6 is 12.4 Å². The predicted molar refractivity (Wildman–Crippen MR) is 137 cm³/mol. The molecule has 1 aromatic heterocycles. The molecule has 2 atom stereocenters. The summed E-state index contributed by atoms with van der Waals surface area (Å²) in [4.78, 5) is 29.9. The molecule has 2 aliphatic rings. The van der Waals surface area contributed by atoms with E-state index in [2.05, 4.69) is 39.1 Å². The first kappa shape index (κ1) is 24.3. The molecule has 0 spiro atoms. The molecule has 0 unspecified atom stereocenters. The lowest BCUT2D eigenvalue weighted by atomic mass is 9.94. The van der Waals surface area contributed by atoms with E-state index in [1.54, 1.807) is 0 Å². The Morgan fingerprint density at radius 2 is 1.71 bits per heavy atom. The maximum atomic E-state index is 13.3. The number of carbonyl (C=O) groups excluding carboxylic acids is 2. The van der Waals surface area contributed by atoms with Gasteiger partial charge in [0.25, 0.3) is 0 Å². The van der Waals surface area contributed by atoms with Crippen molar-refractivity contribution < 1.29 is 9.59 Å². The van der Waals surface area contributed by atoms with E-state index in [-0.39, 0.29) is 36.3 Å². The molecule has 4 N–H and O–H groups in total. The fourth-order valence-electron chi connectivity index (χ4n) is 5.19. The number of halogens is 1. The van der Waals surface area contributed by atoms with E-state index >= 15 is 0 Å². The summed E-state index contributed by atoms with van der Waals surface area (Å²) in [5, 5.41) is 10.7. The number of rotatable bonds is 6. The van der Waals surface area contributed by atoms with Gasteiger partial charge in [0.1, 0.15) is 6.04 Å². The normalized spacial score (nSPS) is 19.0. The Morgan fingerprint density at radius 1 is 0.971 bits per heavy atom. The summed E-state index contributed by atoms with van der Waals surface area (Å²) in [6.45, 7) is 0.662. The highest BCUT2D eigenvalue weighted by atomic mass is 35.5. The lowest BCUT2D eigenvalue weighted by Gasteiger charge is -2.29. The van der Waals surface area contributed by atoms with Crippen LogP contribution in [0.3, 0.4) is 0 Å². The number of fused-ring (bicyclic) bond motifs is 2. The van der Waals surface area contributed by atoms with Gasteiger partial charge in [-0.1, -0.05) is 61.7 Å². The molecule has 180 valence electrons. The van der Waals surface area contributed by atoms with Crippen LogP contribution in [0.25, 0.3) is 10.9 Å². The van der Waals surface area contributed by atoms with Crippen LogP contribution in [-0.2, 0) is 29.0 Å². The van der Waals surface area contributed by atoms with Crippen LogP contribution in [0.4, 0.5) is 0 Å². The molecule has 3 aromatic rings. The zero-order valence-electron chi connectivity index (χ0n) is 19.3. The molecule has 7 heteroatoms. The van der Waals surface area contributed by atoms with Gasteiger partial charge in [-0.2, -0.15) is 0 Å². The molecule has 0 saturated heterocycles. The number of nitrogens with one attached hydrogen (secondary N) is 4. The molecule has 6 nitrogen and oxygen atoms in total. The van der Waals surface area contributed by atoms with Crippen molar-refractivity contribution in [3.63, 3.8) is 0 Å². The number of aromatic amines is 1. The highest BCUT2D eigenvalue weighted by Crippen LogP contribution is 2.21. The van der Waals surface area contributed by atoms with E-state index in [0.29, 0.717) is 19.4 Å². The number of H-pyrrole nitrogens is 1. The summed E-state index contributed by atoms with van der Waals surface area (Å²) in [5.41, 5.74) is 4.50. The number of amides is 2. The number of hydrogen-bond donors (Lipinski definition) is 4. The van der Waals surface area contributed by atoms with Gasteiger partial charge in [0, 0.05) is 36.1 Å². The van der Waals surface area contributed by atoms with Gasteiger partial charge < -0.3 is 20.9 Å². The molecule has 1 aliphatic heterocycles. The molecule has 5 rings (SSSR count). The number of para-hydroxylation sites is 1. The van der Waals surface area contributed by atoms with Crippen LogP contribution in [0.15, 0.2) is 54.7 Å². The molecular weight excluding hydrogens is 448 g/mol. The van der Waals surface area contributed by atoms with Crippen molar-refractivity contribution in [2.24, 2.45) is 0 Å². The molecule has 0 radical (unpaired) electrons. The Kier molecular flexibility index (Phi) is 7.91. The van der Waals surface area contributed by atoms with Crippen molar-refractivity contribution in [1.29, 1.82) is 0 Å². The second-order valence-electron chi connectivity index (χ2n) is 9.37. The first-order chi connectivity index (χ1) is 16.2. The van der Waals surface area contributed by atoms with Crippen molar-refractivity contribution in [3.8, 4) is 0 Å². The molecule has 2 amide bonds. The van der Waals surface area contributed by atoms with Gasteiger partial charge in [-0.3, -0.25) is 9.59 Å². The SMILES string of the molecule is Cl.O=C(N[C@@H](Cc1c[nH]c2ccccc12)C(=O)NC1CCCCC1)[C@@H]1Cc2ccccc2CN1. The summed E-state index contributed by atoms with van der Waals surface area (Å²) < 4.78 is 0. The smallest absolute Gasteiger partial charge is 0.243 e. The summed E-state index contributed by atoms with van der Waals surface area (Å²) >= 11 is 0. The topological polar surface area (TPSA) is 86.0 Å². The van der Waals surface area contributed by atoms with Gasteiger partial charge in [0.2, 0.25) is 11.8 Å². The summed E-state index contributed by atoms with van der Waals surface area (Å²) in [5.74, 6) is -0.204. The standard InChI is InChI=1S/C27H32N4O2.ClH/c32-26(24-14-18-8-4-5-9-19(18)16-29-24)31-25(27(33)30-21-10-2-1-3-11-21)15-20-17-28-23-13-7-6-12-22(20)23;/h4-9,12-13,17,21,24-25,28-29H,1-3,10-11,14-16H2,(H,30,33)(H,31,32);1H/t24-,25-;/m0./s1. The van der Waals surface area contributed by atoms with Gasteiger partial charge in [0.05, 0.1) is 6.04 Å². The Bertz CT molecular complexity index is 1140. The maximum Gasteiger partial charge on any atom is 0.243 e. The third-order valence-electron chi connectivity index (χ3n) is 7.08. The van der Waals surface area contributed by atoms with Crippen molar-refractivity contribution in [2.45, 2.75) is 69.6 Å². The van der Waals surface area contributed by atoms with E-state index in [1.807, 2.05) is 36.5 Å². The van der Waals surface area contributed by atoms with E-state index in [9.17, 15) is 9.59 Å². The molecule has 1 saturated carbocycles. The van der Waals surface area contributed by atoms with Crippen LogP contribution in [0.1, 0.15) is 48.8 Å². The predicted octanol–water partition coefficient (Wildman–Crippen LogP) is 3.78. The Hall–Kier alpha value is -2.83. The zero-order chi connectivity index (χ0) is 22.6. The van der Waals surface area contributed by atoms with Crippen molar-refractivity contribution >= 4 is 35.1 Å². The molecule has 34 heavy (non-hydrogen) atoms. The molecule has 2 heterocycles. The van der Waals surface area contributed by atoms with Gasteiger partial charge in [0.15, 0.2) is 0 Å². The van der Waals surface area contributed by atoms with Crippen molar-refractivity contribution in [1.82, 2.24) is 20.9 Å². The average Bonchev–Trinajstić information content (AvgIpc) is 3.26. The van der Waals surface area contributed by atoms with E-state index in [1.165, 1.54) is 17.5 Å². The summed E-state index contributed by atoms with van der Waals surface area (Å²) in [7, 11) is 0. The first-order valence-corrected chi connectivity index (χ1v) is 12.1. The average molecular weight is 481 g/mol. The van der Waals surface area contributed by atoms with Crippen LogP contribution in [0, 0.1) is 0 Å². The second kappa shape index (κ2) is 11.1. The largest absolute Gasteiger partial charge is 0.361 e. The van der Waals surface area contributed by atoms with Gasteiger partial charge in [-0.05, 0) is 42.0 Å². The first-order valence-electron chi connectivity index (χ1n) is 12.1. The molecule has 1 aliphatic carbocycles. The Balaban J connectivity index is 0.00000274. The molecule has 2 aromatic carbocycles. The van der Waals surface area contributed by atoms with E-state index in [4.69, 9.17) is 0 Å². The Labute approximate surface area is 206 Å². The van der Waals surface area contributed by atoms with E-state index in [0.717, 1.165) is 42.1 Å². The number of carbonyl (C=O) groups is 2. The lowest BCUT2D eigenvalue weighted by molar-refractivity contribution is -0.130. The van der Waals surface area contributed by atoms with Crippen LogP contribution in [-0.4, -0.2) is 34.9 Å². The fraction of sp³-hybridized carbons (Fsp3) is 0.407. The summed E-state index contributed by atoms with van der Waals surface area (Å²) in [6, 6.07) is 15.5. The lowest BCUT2D eigenvalue weighted by Crippen LogP contribution is -2.56. The molecule has 0 bridgehead atoms. The minimum Gasteiger partial charge on any atom is -0.361 e. The van der Waals surface area contributed by atoms with E-state index < -0.39 is 6.04 Å². The van der Waals surface area contributed by atoms with Gasteiger partial charge >= 0.3 is 0 Å². The van der Waals surface area contributed by atoms with Crippen LogP contribution in [0.5, 0.6) is 0 Å². The number of aromatic nitrogens is 1. The van der Waals surface area contributed by atoms with Crippen molar-refractivity contribution in [3.05, 3.63) is 71.4 Å². The quantitative estimate of drug-likeness (QED) is 0.433. The molecular formula is C27H33ClN4O2. The van der Waals surface area contributed by atoms with Gasteiger partial charge in [-0.15, -0.1) is 12.4 Å². The van der Waals surface area contributed by atoms with Crippen LogP contribution in [0.2, 0.25) is 0 Å². The fourth-order valence-corrected chi connectivity index (χ4v) is 5.19. The maximum absolute atomic E-state index is 13.3. The number of benzene rings is 2. The zero-order valence-corrected chi connectivity index (χ0v) is 20.1.